The molecule has 2 aliphatic rings. The fourth-order valence-electron chi connectivity index (χ4n) is 4.87. The van der Waals surface area contributed by atoms with Gasteiger partial charge >= 0.3 is 0 Å². The Labute approximate surface area is 208 Å². The Morgan fingerprint density at radius 2 is 1.89 bits per heavy atom. The van der Waals surface area contributed by atoms with Crippen LogP contribution >= 0.6 is 0 Å². The van der Waals surface area contributed by atoms with E-state index >= 15 is 0 Å². The van der Waals surface area contributed by atoms with Crippen molar-refractivity contribution in [3.63, 3.8) is 0 Å². The lowest BCUT2D eigenvalue weighted by atomic mass is 9.84. The fraction of sp³-hybridized carbons (Fsp3) is 0.286. The van der Waals surface area contributed by atoms with Crippen LogP contribution in [0.4, 0.5) is 0 Å². The molecule has 36 heavy (non-hydrogen) atoms. The molecule has 8 nitrogen and oxygen atoms in total. The zero-order chi connectivity index (χ0) is 24.5. The average Bonchev–Trinajstić information content (AvgIpc) is 3.55. The molecule has 0 unspecified atom stereocenters. The number of amides is 1. The number of hydrogen-bond acceptors (Lipinski definition) is 7. The largest absolute Gasteiger partial charge is 0.454 e. The molecule has 2 aromatic heterocycles. The SMILES string of the molecule is O=C(NCc1ccccn1)c1cc2cc(C3(O)CCN(Cc4ccc5c(c4)OCO5)CC3)ccc2o1. The number of carbonyl (C=O) groups is 1. The van der Waals surface area contributed by atoms with Crippen molar-refractivity contribution >= 4 is 16.9 Å². The summed E-state index contributed by atoms with van der Waals surface area (Å²) in [6, 6.07) is 19.0. The summed E-state index contributed by atoms with van der Waals surface area (Å²) < 4.78 is 16.7. The van der Waals surface area contributed by atoms with Crippen molar-refractivity contribution < 1.29 is 23.8 Å². The van der Waals surface area contributed by atoms with Crippen LogP contribution in [0.3, 0.4) is 0 Å². The highest BCUT2D eigenvalue weighted by Gasteiger charge is 2.34. The number of carbonyl (C=O) groups excluding carboxylic acids is 1. The van der Waals surface area contributed by atoms with E-state index in [4.69, 9.17) is 13.9 Å². The van der Waals surface area contributed by atoms with Crippen LogP contribution in [-0.2, 0) is 18.7 Å². The summed E-state index contributed by atoms with van der Waals surface area (Å²) in [4.78, 5) is 19.1. The zero-order valence-corrected chi connectivity index (χ0v) is 19.8. The maximum atomic E-state index is 12.6. The van der Waals surface area contributed by atoms with Gasteiger partial charge in [0.2, 0.25) is 6.79 Å². The van der Waals surface area contributed by atoms with Crippen molar-refractivity contribution in [2.24, 2.45) is 0 Å². The molecule has 2 aliphatic heterocycles. The van der Waals surface area contributed by atoms with Gasteiger partial charge in [-0.3, -0.25) is 14.7 Å². The number of aromatic nitrogens is 1. The Morgan fingerprint density at radius 1 is 1.03 bits per heavy atom. The molecule has 1 saturated heterocycles. The lowest BCUT2D eigenvalue weighted by Gasteiger charge is -2.38. The van der Waals surface area contributed by atoms with Gasteiger partial charge in [-0.05, 0) is 66.4 Å². The number of benzene rings is 2. The number of hydrogen-bond donors (Lipinski definition) is 2. The minimum atomic E-state index is -0.918. The Bertz CT molecular complexity index is 1390. The van der Waals surface area contributed by atoms with Crippen molar-refractivity contribution in [1.29, 1.82) is 0 Å². The van der Waals surface area contributed by atoms with Crippen molar-refractivity contribution in [2.75, 3.05) is 19.9 Å². The molecule has 1 amide bonds. The van der Waals surface area contributed by atoms with Crippen molar-refractivity contribution in [1.82, 2.24) is 15.2 Å². The molecule has 2 aromatic carbocycles. The molecule has 0 bridgehead atoms. The van der Waals surface area contributed by atoms with E-state index in [2.05, 4.69) is 21.3 Å². The van der Waals surface area contributed by atoms with Gasteiger partial charge < -0.3 is 24.3 Å². The molecule has 4 aromatic rings. The third kappa shape index (κ3) is 4.53. The van der Waals surface area contributed by atoms with E-state index < -0.39 is 5.60 Å². The predicted molar refractivity (Wildman–Crippen MR) is 133 cm³/mol. The zero-order valence-electron chi connectivity index (χ0n) is 19.8. The van der Waals surface area contributed by atoms with Crippen LogP contribution in [0.15, 0.2) is 71.3 Å². The summed E-state index contributed by atoms with van der Waals surface area (Å²) in [5.74, 6) is 1.52. The van der Waals surface area contributed by atoms with E-state index in [9.17, 15) is 9.90 Å². The predicted octanol–water partition coefficient (Wildman–Crippen LogP) is 3.97. The van der Waals surface area contributed by atoms with Crippen LogP contribution in [-0.4, -0.2) is 40.8 Å². The van der Waals surface area contributed by atoms with E-state index in [1.54, 1.807) is 12.3 Å². The lowest BCUT2D eigenvalue weighted by Crippen LogP contribution is -2.42. The Balaban J connectivity index is 1.10. The van der Waals surface area contributed by atoms with E-state index in [0.29, 0.717) is 25.0 Å². The number of likely N-dealkylation sites (tertiary alicyclic amines) is 1. The van der Waals surface area contributed by atoms with Gasteiger partial charge in [0.25, 0.3) is 5.91 Å². The first-order valence-electron chi connectivity index (χ1n) is 12.1. The second-order valence-electron chi connectivity index (χ2n) is 9.36. The first kappa shape index (κ1) is 22.6. The highest BCUT2D eigenvalue weighted by molar-refractivity contribution is 5.96. The van der Waals surface area contributed by atoms with Crippen LogP contribution in [0.5, 0.6) is 11.5 Å². The second kappa shape index (κ2) is 9.29. The monoisotopic (exact) mass is 485 g/mol. The van der Waals surface area contributed by atoms with Crippen LogP contribution in [0, 0.1) is 0 Å². The number of ether oxygens (including phenoxy) is 2. The van der Waals surface area contributed by atoms with Gasteiger partial charge in [0.15, 0.2) is 17.3 Å². The quantitative estimate of drug-likeness (QED) is 0.427. The van der Waals surface area contributed by atoms with E-state index in [1.807, 2.05) is 48.5 Å². The minimum absolute atomic E-state index is 0.239. The molecule has 4 heterocycles. The molecule has 1 fully saturated rings. The van der Waals surface area contributed by atoms with Crippen molar-refractivity contribution in [3.8, 4) is 11.5 Å². The molecule has 0 aliphatic carbocycles. The third-order valence-electron chi connectivity index (χ3n) is 6.96. The van der Waals surface area contributed by atoms with Crippen molar-refractivity contribution in [2.45, 2.75) is 31.5 Å². The van der Waals surface area contributed by atoms with Crippen molar-refractivity contribution in [3.05, 3.63) is 89.4 Å². The highest BCUT2D eigenvalue weighted by atomic mass is 16.7. The number of aliphatic hydroxyl groups is 1. The number of nitrogens with zero attached hydrogens (tertiary/aromatic N) is 2. The first-order chi connectivity index (χ1) is 17.6. The lowest BCUT2D eigenvalue weighted by molar-refractivity contribution is -0.0276. The summed E-state index contributed by atoms with van der Waals surface area (Å²) in [5.41, 5.74) is 2.48. The summed E-state index contributed by atoms with van der Waals surface area (Å²) in [7, 11) is 0. The summed E-state index contributed by atoms with van der Waals surface area (Å²) in [6.45, 7) is 2.94. The number of furan rings is 1. The van der Waals surface area contributed by atoms with E-state index in [0.717, 1.165) is 47.8 Å². The maximum absolute atomic E-state index is 12.6. The van der Waals surface area contributed by atoms with Crippen LogP contribution in [0.2, 0.25) is 0 Å². The first-order valence-corrected chi connectivity index (χ1v) is 12.1. The van der Waals surface area contributed by atoms with Gasteiger partial charge in [-0.1, -0.05) is 18.2 Å². The second-order valence-corrected chi connectivity index (χ2v) is 9.36. The summed E-state index contributed by atoms with van der Waals surface area (Å²) in [5, 5.41) is 15.1. The number of pyridine rings is 1. The van der Waals surface area contributed by atoms with E-state index in [-0.39, 0.29) is 18.5 Å². The smallest absolute Gasteiger partial charge is 0.287 e. The number of rotatable bonds is 6. The Morgan fingerprint density at radius 3 is 2.72 bits per heavy atom. The van der Waals surface area contributed by atoms with Gasteiger partial charge in [0.1, 0.15) is 5.58 Å². The summed E-state index contributed by atoms with van der Waals surface area (Å²) in [6.07, 6.45) is 2.94. The molecular formula is C28H27N3O5. The van der Waals surface area contributed by atoms with E-state index in [1.165, 1.54) is 5.56 Å². The highest BCUT2D eigenvalue weighted by Crippen LogP contribution is 2.37. The normalized spacial score (nSPS) is 16.8. The molecule has 0 spiro atoms. The fourth-order valence-corrected chi connectivity index (χ4v) is 4.87. The van der Waals surface area contributed by atoms with Gasteiger partial charge in [-0.2, -0.15) is 0 Å². The van der Waals surface area contributed by atoms with Crippen LogP contribution < -0.4 is 14.8 Å². The average molecular weight is 486 g/mol. The molecule has 2 N–H and O–H groups in total. The third-order valence-corrected chi connectivity index (χ3v) is 6.96. The van der Waals surface area contributed by atoms with Gasteiger partial charge in [0.05, 0.1) is 17.8 Å². The van der Waals surface area contributed by atoms with Crippen LogP contribution in [0.25, 0.3) is 11.0 Å². The van der Waals surface area contributed by atoms with Crippen LogP contribution in [0.1, 0.15) is 40.2 Å². The number of nitrogens with one attached hydrogen (secondary N) is 1. The Kier molecular flexibility index (Phi) is 5.83. The molecular weight excluding hydrogens is 458 g/mol. The number of fused-ring (bicyclic) bond motifs is 2. The van der Waals surface area contributed by atoms with Gasteiger partial charge in [0, 0.05) is 31.2 Å². The standard InChI is InChI=1S/C28H27N3O5/c32-27(30-16-22-3-1-2-10-29-22)26-15-20-14-21(5-7-23(20)36-26)28(33)8-11-31(12-9-28)17-19-4-6-24-25(13-19)35-18-34-24/h1-7,10,13-15,33H,8-9,11-12,16-18H2,(H,30,32). The van der Waals surface area contributed by atoms with Gasteiger partial charge in [-0.15, -0.1) is 0 Å². The van der Waals surface area contributed by atoms with Gasteiger partial charge in [-0.25, -0.2) is 0 Å². The maximum Gasteiger partial charge on any atom is 0.287 e. The number of piperidine rings is 1. The molecule has 0 radical (unpaired) electrons. The minimum Gasteiger partial charge on any atom is -0.454 e. The molecule has 0 saturated carbocycles. The topological polar surface area (TPSA) is 97.1 Å². The molecule has 0 atom stereocenters. The molecule has 8 heteroatoms. The molecule has 184 valence electrons. The molecule has 6 rings (SSSR count). The summed E-state index contributed by atoms with van der Waals surface area (Å²) >= 11 is 0. The Hall–Kier alpha value is -3.88.